The molecule has 1 atom stereocenters. The van der Waals surface area contributed by atoms with Gasteiger partial charge in [0.05, 0.1) is 14.2 Å². The number of carbonyl (C=O) groups excluding carboxylic acids is 2. The van der Waals surface area contributed by atoms with Crippen molar-refractivity contribution in [1.82, 2.24) is 10.2 Å². The van der Waals surface area contributed by atoms with E-state index in [1.807, 2.05) is 74.5 Å². The van der Waals surface area contributed by atoms with E-state index in [-0.39, 0.29) is 24.3 Å². The maximum atomic E-state index is 13.6. The zero-order valence-corrected chi connectivity index (χ0v) is 21.9. The summed E-state index contributed by atoms with van der Waals surface area (Å²) in [5, 5.41) is 3.66. The van der Waals surface area contributed by atoms with Crippen LogP contribution in [-0.2, 0) is 22.6 Å². The van der Waals surface area contributed by atoms with Crippen LogP contribution in [-0.4, -0.2) is 37.5 Å². The molecular formula is C29H33ClN2O4. The fourth-order valence-electron chi connectivity index (χ4n) is 3.99. The molecule has 1 N–H and O–H groups in total. The third kappa shape index (κ3) is 7.01. The number of hydrogen-bond donors (Lipinski definition) is 1. The van der Waals surface area contributed by atoms with E-state index in [2.05, 4.69) is 5.32 Å². The van der Waals surface area contributed by atoms with Gasteiger partial charge in [0.2, 0.25) is 11.8 Å². The molecule has 36 heavy (non-hydrogen) atoms. The van der Waals surface area contributed by atoms with Crippen LogP contribution in [0.1, 0.15) is 36.6 Å². The Morgan fingerprint density at radius 1 is 0.889 bits per heavy atom. The fraction of sp³-hybridized carbons (Fsp3) is 0.310. The Morgan fingerprint density at radius 2 is 1.53 bits per heavy atom. The van der Waals surface area contributed by atoms with Gasteiger partial charge >= 0.3 is 0 Å². The maximum Gasteiger partial charge on any atom is 0.247 e. The van der Waals surface area contributed by atoms with Crippen LogP contribution in [0.3, 0.4) is 0 Å². The van der Waals surface area contributed by atoms with Crippen LogP contribution in [0.15, 0.2) is 72.8 Å². The molecule has 7 heteroatoms. The molecule has 0 aliphatic carbocycles. The number of benzene rings is 3. The molecule has 2 amide bonds. The zero-order valence-electron chi connectivity index (χ0n) is 21.2. The van der Waals surface area contributed by atoms with Crippen molar-refractivity contribution in [3.05, 3.63) is 94.5 Å². The number of halogens is 1. The molecule has 0 radical (unpaired) electrons. The molecule has 0 heterocycles. The monoisotopic (exact) mass is 508 g/mol. The highest BCUT2D eigenvalue weighted by molar-refractivity contribution is 6.30. The first-order valence-corrected chi connectivity index (χ1v) is 12.3. The average Bonchev–Trinajstić information content (AvgIpc) is 2.89. The summed E-state index contributed by atoms with van der Waals surface area (Å²) < 4.78 is 10.7. The molecule has 0 bridgehead atoms. The second-order valence-corrected chi connectivity index (χ2v) is 9.23. The maximum absolute atomic E-state index is 13.6. The Morgan fingerprint density at radius 3 is 2.14 bits per heavy atom. The molecule has 0 saturated carbocycles. The molecule has 190 valence electrons. The molecular weight excluding hydrogens is 476 g/mol. The summed E-state index contributed by atoms with van der Waals surface area (Å²) in [6.45, 7) is 4.38. The van der Waals surface area contributed by atoms with Crippen molar-refractivity contribution in [2.24, 2.45) is 5.92 Å². The van der Waals surface area contributed by atoms with E-state index in [0.717, 1.165) is 16.7 Å². The number of rotatable bonds is 11. The van der Waals surface area contributed by atoms with Crippen LogP contribution in [0.5, 0.6) is 11.5 Å². The van der Waals surface area contributed by atoms with Gasteiger partial charge in [0, 0.05) is 24.0 Å². The number of methoxy groups -OCH3 is 2. The van der Waals surface area contributed by atoms with Crippen molar-refractivity contribution in [2.75, 3.05) is 20.8 Å². The van der Waals surface area contributed by atoms with E-state index in [9.17, 15) is 9.59 Å². The lowest BCUT2D eigenvalue weighted by Gasteiger charge is -2.33. The molecule has 0 fully saturated rings. The van der Waals surface area contributed by atoms with Gasteiger partial charge < -0.3 is 19.7 Å². The number of amides is 2. The first-order chi connectivity index (χ1) is 17.3. The minimum absolute atomic E-state index is 0.103. The van der Waals surface area contributed by atoms with Crippen molar-refractivity contribution < 1.29 is 19.1 Å². The van der Waals surface area contributed by atoms with E-state index in [1.165, 1.54) is 0 Å². The van der Waals surface area contributed by atoms with Gasteiger partial charge in [-0.05, 0) is 47.4 Å². The summed E-state index contributed by atoms with van der Waals surface area (Å²) in [4.78, 5) is 28.6. The number of nitrogens with zero attached hydrogens (tertiary/aromatic N) is 1. The van der Waals surface area contributed by atoms with E-state index >= 15 is 0 Å². The lowest BCUT2D eigenvalue weighted by Crippen LogP contribution is -2.45. The Balaban J connectivity index is 1.83. The van der Waals surface area contributed by atoms with Crippen LogP contribution in [0.4, 0.5) is 0 Å². The normalized spacial score (nSPS) is 11.6. The molecule has 3 rings (SSSR count). The van der Waals surface area contributed by atoms with Crippen molar-refractivity contribution in [2.45, 2.75) is 32.9 Å². The van der Waals surface area contributed by atoms with Gasteiger partial charge in [0.25, 0.3) is 0 Å². The lowest BCUT2D eigenvalue weighted by molar-refractivity contribution is -0.144. The predicted molar refractivity (Wildman–Crippen MR) is 142 cm³/mol. The van der Waals surface area contributed by atoms with Gasteiger partial charge in [0.1, 0.15) is 6.04 Å². The Bertz CT molecular complexity index is 1150. The van der Waals surface area contributed by atoms with E-state index in [1.54, 1.807) is 31.3 Å². The van der Waals surface area contributed by atoms with Gasteiger partial charge in [0.15, 0.2) is 11.5 Å². The second kappa shape index (κ2) is 13.0. The molecule has 0 aliphatic heterocycles. The lowest BCUT2D eigenvalue weighted by atomic mass is 10.0. The van der Waals surface area contributed by atoms with Crippen LogP contribution in [0, 0.1) is 5.92 Å². The summed E-state index contributed by atoms with van der Waals surface area (Å²) in [5.41, 5.74) is 2.65. The smallest absolute Gasteiger partial charge is 0.247 e. The first-order valence-electron chi connectivity index (χ1n) is 11.9. The van der Waals surface area contributed by atoms with Crippen molar-refractivity contribution in [3.63, 3.8) is 0 Å². The van der Waals surface area contributed by atoms with Crippen LogP contribution < -0.4 is 14.8 Å². The SMILES string of the molecule is COc1ccc(CCNC(=O)C(c2ccccc2)N(Cc2ccc(Cl)cc2)C(=O)C(C)C)cc1OC. The van der Waals surface area contributed by atoms with Gasteiger partial charge in [-0.2, -0.15) is 0 Å². The number of ether oxygens (including phenoxy) is 2. The van der Waals surface area contributed by atoms with Gasteiger partial charge in [-0.1, -0.05) is 74.0 Å². The average molecular weight is 509 g/mol. The standard InChI is InChI=1S/C29H33ClN2O4/c1-20(2)29(34)32(19-22-10-13-24(30)14-11-22)27(23-8-6-5-7-9-23)28(33)31-17-16-21-12-15-25(35-3)26(18-21)36-4/h5-15,18,20,27H,16-17,19H2,1-4H3,(H,31,33). The van der Waals surface area contributed by atoms with E-state index in [0.29, 0.717) is 29.5 Å². The fourth-order valence-corrected chi connectivity index (χ4v) is 4.11. The highest BCUT2D eigenvalue weighted by Crippen LogP contribution is 2.28. The molecule has 0 aliphatic rings. The summed E-state index contributed by atoms with van der Waals surface area (Å²) in [5.74, 6) is 0.682. The van der Waals surface area contributed by atoms with Crippen LogP contribution in [0.25, 0.3) is 0 Å². The van der Waals surface area contributed by atoms with Gasteiger partial charge in [-0.25, -0.2) is 0 Å². The second-order valence-electron chi connectivity index (χ2n) is 8.79. The van der Waals surface area contributed by atoms with Crippen LogP contribution >= 0.6 is 11.6 Å². The highest BCUT2D eigenvalue weighted by Gasteiger charge is 2.32. The van der Waals surface area contributed by atoms with Crippen molar-refractivity contribution >= 4 is 23.4 Å². The van der Waals surface area contributed by atoms with Crippen molar-refractivity contribution in [3.8, 4) is 11.5 Å². The van der Waals surface area contributed by atoms with Crippen LogP contribution in [0.2, 0.25) is 5.02 Å². The third-order valence-electron chi connectivity index (χ3n) is 5.88. The minimum Gasteiger partial charge on any atom is -0.493 e. The minimum atomic E-state index is -0.776. The summed E-state index contributed by atoms with van der Waals surface area (Å²) in [6.07, 6.45) is 0.600. The molecule has 0 spiro atoms. The zero-order chi connectivity index (χ0) is 26.1. The first kappa shape index (κ1) is 27.1. The molecule has 3 aromatic carbocycles. The number of nitrogens with one attached hydrogen (secondary N) is 1. The highest BCUT2D eigenvalue weighted by atomic mass is 35.5. The molecule has 3 aromatic rings. The van der Waals surface area contributed by atoms with E-state index in [4.69, 9.17) is 21.1 Å². The molecule has 0 aromatic heterocycles. The number of carbonyl (C=O) groups is 2. The topological polar surface area (TPSA) is 67.9 Å². The predicted octanol–water partition coefficient (Wildman–Crippen LogP) is 5.44. The van der Waals surface area contributed by atoms with Gasteiger partial charge in [-0.3, -0.25) is 9.59 Å². The summed E-state index contributed by atoms with van der Waals surface area (Å²) >= 11 is 6.05. The largest absolute Gasteiger partial charge is 0.493 e. The quantitative estimate of drug-likeness (QED) is 0.374. The summed E-state index contributed by atoms with van der Waals surface area (Å²) in [7, 11) is 3.19. The summed E-state index contributed by atoms with van der Waals surface area (Å²) in [6, 6.07) is 21.6. The Hall–Kier alpha value is -3.51. The molecule has 6 nitrogen and oxygen atoms in total. The Kier molecular flexibility index (Phi) is 9.77. The number of hydrogen-bond acceptors (Lipinski definition) is 4. The van der Waals surface area contributed by atoms with E-state index < -0.39 is 6.04 Å². The third-order valence-corrected chi connectivity index (χ3v) is 6.13. The molecule has 1 unspecified atom stereocenters. The Labute approximate surface area is 218 Å². The van der Waals surface area contributed by atoms with Crippen molar-refractivity contribution in [1.29, 1.82) is 0 Å². The van der Waals surface area contributed by atoms with Gasteiger partial charge in [-0.15, -0.1) is 0 Å². The molecule has 0 saturated heterocycles.